The van der Waals surface area contributed by atoms with E-state index in [1.807, 2.05) is 24.3 Å². The zero-order chi connectivity index (χ0) is 10.7. The highest BCUT2D eigenvalue weighted by molar-refractivity contribution is 5.94. The summed E-state index contributed by atoms with van der Waals surface area (Å²) in [6.07, 6.45) is 2.65. The van der Waals surface area contributed by atoms with E-state index in [0.717, 1.165) is 30.6 Å². The Labute approximate surface area is 89.3 Å². The summed E-state index contributed by atoms with van der Waals surface area (Å²) < 4.78 is 0. The van der Waals surface area contributed by atoms with Gasteiger partial charge in [0.15, 0.2) is 0 Å². The van der Waals surface area contributed by atoms with E-state index in [4.69, 9.17) is 0 Å². The van der Waals surface area contributed by atoms with Crippen LogP contribution in [0.25, 0.3) is 0 Å². The first kappa shape index (κ1) is 10.2. The number of carbonyl (C=O) groups excluding carboxylic acids is 1. The second-order valence-electron chi connectivity index (χ2n) is 3.79. The van der Waals surface area contributed by atoms with Gasteiger partial charge in [0.1, 0.15) is 0 Å². The third-order valence-electron chi connectivity index (χ3n) is 2.78. The lowest BCUT2D eigenvalue weighted by atomic mass is 10.1. The van der Waals surface area contributed by atoms with Crippen molar-refractivity contribution in [2.24, 2.45) is 0 Å². The highest BCUT2D eigenvalue weighted by Crippen LogP contribution is 2.24. The molecular formula is C12H15NO2. The van der Waals surface area contributed by atoms with Crippen LogP contribution in [0.1, 0.15) is 24.8 Å². The summed E-state index contributed by atoms with van der Waals surface area (Å²) in [6.45, 7) is 0.760. The number of carbonyl (C=O) groups is 1. The minimum Gasteiger partial charge on any atom is -0.392 e. The van der Waals surface area contributed by atoms with E-state index in [-0.39, 0.29) is 12.5 Å². The summed E-state index contributed by atoms with van der Waals surface area (Å²) >= 11 is 0. The monoisotopic (exact) mass is 205 g/mol. The number of nitrogens with zero attached hydrogens (tertiary/aromatic N) is 1. The van der Waals surface area contributed by atoms with Crippen LogP contribution in [0.2, 0.25) is 0 Å². The molecule has 0 spiro atoms. The van der Waals surface area contributed by atoms with Gasteiger partial charge >= 0.3 is 0 Å². The van der Waals surface area contributed by atoms with Gasteiger partial charge in [0, 0.05) is 24.2 Å². The number of piperidine rings is 1. The molecule has 1 aromatic carbocycles. The number of benzene rings is 1. The van der Waals surface area contributed by atoms with Crippen molar-refractivity contribution in [3.05, 3.63) is 29.8 Å². The van der Waals surface area contributed by atoms with E-state index in [1.54, 1.807) is 4.90 Å². The van der Waals surface area contributed by atoms with Crippen LogP contribution < -0.4 is 4.90 Å². The quantitative estimate of drug-likeness (QED) is 0.798. The molecule has 1 amide bonds. The van der Waals surface area contributed by atoms with Gasteiger partial charge in [-0.2, -0.15) is 0 Å². The largest absolute Gasteiger partial charge is 0.392 e. The molecule has 0 saturated carbocycles. The number of anilines is 1. The SMILES string of the molecule is O=C1CCCCN1c1ccccc1CO. The van der Waals surface area contributed by atoms with Crippen molar-refractivity contribution in [2.75, 3.05) is 11.4 Å². The molecule has 3 nitrogen and oxygen atoms in total. The van der Waals surface area contributed by atoms with Crippen molar-refractivity contribution in [2.45, 2.75) is 25.9 Å². The molecule has 0 bridgehead atoms. The van der Waals surface area contributed by atoms with Crippen molar-refractivity contribution in [1.29, 1.82) is 0 Å². The summed E-state index contributed by atoms with van der Waals surface area (Å²) in [7, 11) is 0. The van der Waals surface area contributed by atoms with Gasteiger partial charge in [-0.15, -0.1) is 0 Å². The van der Waals surface area contributed by atoms with Crippen molar-refractivity contribution in [3.8, 4) is 0 Å². The summed E-state index contributed by atoms with van der Waals surface area (Å²) in [5, 5.41) is 9.20. The molecule has 0 unspecified atom stereocenters. The lowest BCUT2D eigenvalue weighted by Crippen LogP contribution is -2.35. The van der Waals surface area contributed by atoms with E-state index in [1.165, 1.54) is 0 Å². The third kappa shape index (κ3) is 2.02. The van der Waals surface area contributed by atoms with Gasteiger partial charge < -0.3 is 10.0 Å². The van der Waals surface area contributed by atoms with Gasteiger partial charge in [0.25, 0.3) is 0 Å². The maximum absolute atomic E-state index is 11.7. The molecule has 1 saturated heterocycles. The number of aliphatic hydroxyl groups excluding tert-OH is 1. The second-order valence-corrected chi connectivity index (χ2v) is 3.79. The molecule has 1 fully saturated rings. The molecule has 1 N–H and O–H groups in total. The van der Waals surface area contributed by atoms with Gasteiger partial charge in [-0.3, -0.25) is 4.79 Å². The first-order valence-electron chi connectivity index (χ1n) is 5.32. The summed E-state index contributed by atoms with van der Waals surface area (Å²) in [5.41, 5.74) is 1.69. The molecule has 1 heterocycles. The summed E-state index contributed by atoms with van der Waals surface area (Å²) in [6, 6.07) is 7.53. The predicted octanol–water partition coefficient (Wildman–Crippen LogP) is 1.70. The number of hydrogen-bond acceptors (Lipinski definition) is 2. The van der Waals surface area contributed by atoms with Crippen molar-refractivity contribution < 1.29 is 9.90 Å². The standard InChI is InChI=1S/C12H15NO2/c14-9-10-5-1-2-6-11(10)13-8-4-3-7-12(13)15/h1-2,5-6,14H,3-4,7-9H2. The molecular weight excluding hydrogens is 190 g/mol. The Balaban J connectivity index is 2.30. The normalized spacial score (nSPS) is 16.9. The molecule has 0 atom stereocenters. The molecule has 0 aromatic heterocycles. The molecule has 3 heteroatoms. The number of aliphatic hydroxyl groups is 1. The lowest BCUT2D eigenvalue weighted by molar-refractivity contribution is -0.119. The maximum atomic E-state index is 11.7. The van der Waals surface area contributed by atoms with Crippen molar-refractivity contribution >= 4 is 11.6 Å². The molecule has 15 heavy (non-hydrogen) atoms. The van der Waals surface area contributed by atoms with Crippen LogP contribution in [-0.4, -0.2) is 17.6 Å². The fourth-order valence-electron chi connectivity index (χ4n) is 1.97. The van der Waals surface area contributed by atoms with Crippen molar-refractivity contribution in [1.82, 2.24) is 0 Å². The van der Waals surface area contributed by atoms with Gasteiger partial charge in [-0.05, 0) is 18.9 Å². The first-order chi connectivity index (χ1) is 7.33. The van der Waals surface area contributed by atoms with Crippen LogP contribution in [0, 0.1) is 0 Å². The molecule has 80 valence electrons. The Morgan fingerprint density at radius 3 is 2.80 bits per heavy atom. The second kappa shape index (κ2) is 4.45. The van der Waals surface area contributed by atoms with Crippen LogP contribution >= 0.6 is 0 Å². The molecule has 1 aromatic rings. The van der Waals surface area contributed by atoms with Crippen LogP contribution in [0.3, 0.4) is 0 Å². The number of para-hydroxylation sites is 1. The van der Waals surface area contributed by atoms with Crippen LogP contribution in [0.4, 0.5) is 5.69 Å². The van der Waals surface area contributed by atoms with Gasteiger partial charge in [-0.1, -0.05) is 18.2 Å². The van der Waals surface area contributed by atoms with Gasteiger partial charge in [0.05, 0.1) is 6.61 Å². The lowest BCUT2D eigenvalue weighted by Gasteiger charge is -2.28. The Morgan fingerprint density at radius 2 is 2.07 bits per heavy atom. The minimum absolute atomic E-state index is 0.0139. The molecule has 0 aliphatic carbocycles. The van der Waals surface area contributed by atoms with E-state index >= 15 is 0 Å². The fourth-order valence-corrected chi connectivity index (χ4v) is 1.97. The first-order valence-corrected chi connectivity index (χ1v) is 5.32. The van der Waals surface area contributed by atoms with Crippen LogP contribution in [0.15, 0.2) is 24.3 Å². The predicted molar refractivity (Wildman–Crippen MR) is 58.6 cm³/mol. The van der Waals surface area contributed by atoms with E-state index in [9.17, 15) is 9.90 Å². The molecule has 1 aliphatic heterocycles. The average molecular weight is 205 g/mol. The Hall–Kier alpha value is -1.35. The van der Waals surface area contributed by atoms with Crippen LogP contribution in [-0.2, 0) is 11.4 Å². The average Bonchev–Trinajstić information content (AvgIpc) is 2.30. The zero-order valence-electron chi connectivity index (χ0n) is 8.65. The number of amides is 1. The molecule has 2 rings (SSSR count). The smallest absolute Gasteiger partial charge is 0.226 e. The highest BCUT2D eigenvalue weighted by Gasteiger charge is 2.20. The number of rotatable bonds is 2. The van der Waals surface area contributed by atoms with Gasteiger partial charge in [-0.25, -0.2) is 0 Å². The van der Waals surface area contributed by atoms with E-state index in [0.29, 0.717) is 6.42 Å². The van der Waals surface area contributed by atoms with Gasteiger partial charge in [0.2, 0.25) is 5.91 Å². The topological polar surface area (TPSA) is 40.5 Å². The molecule has 1 aliphatic rings. The highest BCUT2D eigenvalue weighted by atomic mass is 16.3. The fraction of sp³-hybridized carbons (Fsp3) is 0.417. The summed E-state index contributed by atoms with van der Waals surface area (Å²) in [5.74, 6) is 0.169. The zero-order valence-corrected chi connectivity index (χ0v) is 8.65. The van der Waals surface area contributed by atoms with E-state index < -0.39 is 0 Å². The van der Waals surface area contributed by atoms with E-state index in [2.05, 4.69) is 0 Å². The Kier molecular flexibility index (Phi) is 3.02. The number of hydrogen-bond donors (Lipinski definition) is 1. The third-order valence-corrected chi connectivity index (χ3v) is 2.78. The molecule has 0 radical (unpaired) electrons. The van der Waals surface area contributed by atoms with Crippen LogP contribution in [0.5, 0.6) is 0 Å². The van der Waals surface area contributed by atoms with Crippen molar-refractivity contribution in [3.63, 3.8) is 0 Å². The Morgan fingerprint density at radius 1 is 1.27 bits per heavy atom. The minimum atomic E-state index is -0.0139. The maximum Gasteiger partial charge on any atom is 0.226 e. The summed E-state index contributed by atoms with van der Waals surface area (Å²) in [4.78, 5) is 13.5. The Bertz CT molecular complexity index is 362.